The number of halogens is 1. The predicted molar refractivity (Wildman–Crippen MR) is 66.7 cm³/mol. The fraction of sp³-hybridized carbons (Fsp3) is 0.636. The molecule has 1 aromatic rings. The van der Waals surface area contributed by atoms with Crippen LogP contribution < -0.4 is 5.32 Å². The average Bonchev–Trinajstić information content (AvgIpc) is 2.66. The molecule has 0 spiro atoms. The van der Waals surface area contributed by atoms with E-state index in [4.69, 9.17) is 11.6 Å². The average molecular weight is 245 g/mol. The van der Waals surface area contributed by atoms with Crippen LogP contribution in [0.3, 0.4) is 0 Å². The molecular weight excluding hydrogens is 228 g/mol. The van der Waals surface area contributed by atoms with Crippen LogP contribution in [0.25, 0.3) is 0 Å². The van der Waals surface area contributed by atoms with Crippen LogP contribution in [-0.2, 0) is 6.54 Å². The van der Waals surface area contributed by atoms with Crippen LogP contribution in [-0.4, -0.2) is 31.1 Å². The topological polar surface area (TPSA) is 15.3 Å². The van der Waals surface area contributed by atoms with Gasteiger partial charge in [-0.25, -0.2) is 0 Å². The third-order valence-corrected chi connectivity index (χ3v) is 4.30. The molecule has 84 valence electrons. The summed E-state index contributed by atoms with van der Waals surface area (Å²) in [5.41, 5.74) is 1.27. The lowest BCUT2D eigenvalue weighted by Gasteiger charge is -2.31. The van der Waals surface area contributed by atoms with Crippen molar-refractivity contribution >= 4 is 22.9 Å². The van der Waals surface area contributed by atoms with E-state index in [-0.39, 0.29) is 0 Å². The zero-order chi connectivity index (χ0) is 10.7. The van der Waals surface area contributed by atoms with Gasteiger partial charge >= 0.3 is 0 Å². The van der Waals surface area contributed by atoms with Gasteiger partial charge in [0.15, 0.2) is 0 Å². The van der Waals surface area contributed by atoms with Gasteiger partial charge < -0.3 is 5.32 Å². The number of thiophene rings is 1. The van der Waals surface area contributed by atoms with E-state index in [1.807, 2.05) is 0 Å². The monoisotopic (exact) mass is 244 g/mol. The molecule has 1 saturated heterocycles. The molecule has 1 fully saturated rings. The molecule has 2 heterocycles. The first kappa shape index (κ1) is 11.4. The smallest absolute Gasteiger partial charge is 0.0973 e. The van der Waals surface area contributed by atoms with Crippen LogP contribution in [0.2, 0.25) is 4.34 Å². The minimum absolute atomic E-state index is 0.710. The van der Waals surface area contributed by atoms with E-state index in [1.54, 1.807) is 11.3 Å². The number of hydrogen-bond donors (Lipinski definition) is 1. The summed E-state index contributed by atoms with van der Waals surface area (Å²) >= 11 is 7.72. The highest BCUT2D eigenvalue weighted by molar-refractivity contribution is 7.14. The molecular formula is C11H17ClN2S. The van der Waals surface area contributed by atoms with Gasteiger partial charge in [-0.2, -0.15) is 0 Å². The van der Waals surface area contributed by atoms with Crippen molar-refractivity contribution < 1.29 is 0 Å². The van der Waals surface area contributed by atoms with Gasteiger partial charge in [-0.1, -0.05) is 11.6 Å². The lowest BCUT2D eigenvalue weighted by atomic mass is 10.1. The van der Waals surface area contributed by atoms with Crippen LogP contribution in [0.4, 0.5) is 0 Å². The molecule has 15 heavy (non-hydrogen) atoms. The number of piperidine rings is 1. The molecule has 1 aliphatic heterocycles. The standard InChI is InChI=1S/C11H17ClN2S/c1-14(10-2-5-13-6-3-10)8-9-4-7-15-11(9)12/h4,7,10,13H,2-3,5-6,8H2,1H3. The third kappa shape index (κ3) is 2.94. The molecule has 1 aromatic heterocycles. The molecule has 1 aliphatic rings. The van der Waals surface area contributed by atoms with E-state index < -0.39 is 0 Å². The van der Waals surface area contributed by atoms with Crippen LogP contribution in [0.5, 0.6) is 0 Å². The van der Waals surface area contributed by atoms with Gasteiger partial charge in [0.25, 0.3) is 0 Å². The van der Waals surface area contributed by atoms with E-state index in [2.05, 4.69) is 28.7 Å². The zero-order valence-corrected chi connectivity index (χ0v) is 10.6. The largest absolute Gasteiger partial charge is 0.317 e. The molecule has 4 heteroatoms. The second-order valence-electron chi connectivity index (χ2n) is 4.12. The highest BCUT2D eigenvalue weighted by Crippen LogP contribution is 2.25. The summed E-state index contributed by atoms with van der Waals surface area (Å²) in [6.45, 7) is 3.27. The van der Waals surface area contributed by atoms with Crippen molar-refractivity contribution in [3.63, 3.8) is 0 Å². The molecule has 0 unspecified atom stereocenters. The molecule has 1 N–H and O–H groups in total. The van der Waals surface area contributed by atoms with Crippen molar-refractivity contribution in [1.29, 1.82) is 0 Å². The molecule has 0 bridgehead atoms. The molecule has 0 saturated carbocycles. The van der Waals surface area contributed by atoms with Gasteiger partial charge in [0.1, 0.15) is 0 Å². The van der Waals surface area contributed by atoms with Crippen molar-refractivity contribution in [2.75, 3.05) is 20.1 Å². The Balaban J connectivity index is 1.91. The number of hydrogen-bond acceptors (Lipinski definition) is 3. The summed E-state index contributed by atoms with van der Waals surface area (Å²) in [4.78, 5) is 2.43. The minimum atomic E-state index is 0.710. The van der Waals surface area contributed by atoms with Gasteiger partial charge in [0.2, 0.25) is 0 Å². The van der Waals surface area contributed by atoms with Crippen molar-refractivity contribution in [2.45, 2.75) is 25.4 Å². The zero-order valence-electron chi connectivity index (χ0n) is 9.00. The SMILES string of the molecule is CN(Cc1ccsc1Cl)C1CCNCC1. The Morgan fingerprint density at radius 2 is 2.27 bits per heavy atom. The van der Waals surface area contributed by atoms with Gasteiger partial charge in [0.05, 0.1) is 4.34 Å². The lowest BCUT2D eigenvalue weighted by molar-refractivity contribution is 0.192. The van der Waals surface area contributed by atoms with Crippen LogP contribution in [0, 0.1) is 0 Å². The Kier molecular flexibility index (Phi) is 4.03. The molecule has 2 nitrogen and oxygen atoms in total. The molecule has 0 radical (unpaired) electrons. The van der Waals surface area contributed by atoms with Crippen molar-refractivity contribution in [1.82, 2.24) is 10.2 Å². The summed E-state index contributed by atoms with van der Waals surface area (Å²) < 4.78 is 0.941. The first-order chi connectivity index (χ1) is 7.27. The maximum absolute atomic E-state index is 6.10. The quantitative estimate of drug-likeness (QED) is 0.879. The van der Waals surface area contributed by atoms with Crippen LogP contribution >= 0.6 is 22.9 Å². The number of nitrogens with one attached hydrogen (secondary N) is 1. The van der Waals surface area contributed by atoms with E-state index in [9.17, 15) is 0 Å². The highest BCUT2D eigenvalue weighted by atomic mass is 35.5. The molecule has 0 atom stereocenters. The summed E-state index contributed by atoms with van der Waals surface area (Å²) in [5.74, 6) is 0. The second-order valence-corrected chi connectivity index (χ2v) is 5.63. The molecule has 0 amide bonds. The van der Waals surface area contributed by atoms with Gasteiger partial charge in [-0.05, 0) is 50.0 Å². The summed E-state index contributed by atoms with van der Waals surface area (Å²) in [5, 5.41) is 5.45. The normalized spacial score (nSPS) is 18.6. The van der Waals surface area contributed by atoms with Gasteiger partial charge in [-0.3, -0.25) is 4.90 Å². The van der Waals surface area contributed by atoms with Gasteiger partial charge in [0, 0.05) is 12.6 Å². The molecule has 2 rings (SSSR count). The third-order valence-electron chi connectivity index (χ3n) is 3.04. The van der Waals surface area contributed by atoms with E-state index >= 15 is 0 Å². The van der Waals surface area contributed by atoms with Crippen LogP contribution in [0.1, 0.15) is 18.4 Å². The van der Waals surface area contributed by atoms with E-state index in [1.165, 1.54) is 18.4 Å². The van der Waals surface area contributed by atoms with Gasteiger partial charge in [-0.15, -0.1) is 11.3 Å². The van der Waals surface area contributed by atoms with Crippen molar-refractivity contribution in [2.24, 2.45) is 0 Å². The highest BCUT2D eigenvalue weighted by Gasteiger charge is 2.18. The van der Waals surface area contributed by atoms with Crippen molar-refractivity contribution in [3.05, 3.63) is 21.3 Å². The number of nitrogens with zero attached hydrogens (tertiary/aromatic N) is 1. The van der Waals surface area contributed by atoms with E-state index in [0.29, 0.717) is 6.04 Å². The minimum Gasteiger partial charge on any atom is -0.317 e. The Bertz CT molecular complexity index is 307. The van der Waals surface area contributed by atoms with Crippen molar-refractivity contribution in [3.8, 4) is 0 Å². The van der Waals surface area contributed by atoms with Crippen LogP contribution in [0.15, 0.2) is 11.4 Å². The Hall–Kier alpha value is -0.0900. The number of rotatable bonds is 3. The Labute approximate surface area is 100 Å². The second kappa shape index (κ2) is 5.30. The van der Waals surface area contributed by atoms with E-state index in [0.717, 1.165) is 24.0 Å². The first-order valence-corrected chi connectivity index (χ1v) is 6.66. The summed E-state index contributed by atoms with van der Waals surface area (Å²) in [7, 11) is 2.20. The Morgan fingerprint density at radius 3 is 2.87 bits per heavy atom. The predicted octanol–water partition coefficient (Wildman–Crippen LogP) is 2.59. The fourth-order valence-corrected chi connectivity index (χ4v) is 2.99. The summed E-state index contributed by atoms with van der Waals surface area (Å²) in [6, 6.07) is 2.84. The molecule has 0 aromatic carbocycles. The Morgan fingerprint density at radius 1 is 1.53 bits per heavy atom. The maximum Gasteiger partial charge on any atom is 0.0973 e. The lowest BCUT2D eigenvalue weighted by Crippen LogP contribution is -2.40. The maximum atomic E-state index is 6.10. The first-order valence-electron chi connectivity index (χ1n) is 5.40. The molecule has 0 aliphatic carbocycles. The summed E-state index contributed by atoms with van der Waals surface area (Å²) in [6.07, 6.45) is 2.50. The fourth-order valence-electron chi connectivity index (χ4n) is 2.08.